The van der Waals surface area contributed by atoms with Crippen LogP contribution in [0.15, 0.2) is 36.8 Å². The minimum absolute atomic E-state index is 0.00438. The molecule has 1 amide bonds. The van der Waals surface area contributed by atoms with Crippen molar-refractivity contribution in [2.24, 2.45) is 0 Å². The van der Waals surface area contributed by atoms with E-state index in [4.69, 9.17) is 9.47 Å². The molecule has 1 saturated carbocycles. The second-order valence-corrected chi connectivity index (χ2v) is 7.79. The summed E-state index contributed by atoms with van der Waals surface area (Å²) < 4.78 is 13.0. The summed E-state index contributed by atoms with van der Waals surface area (Å²) in [4.78, 5) is 24.0. The van der Waals surface area contributed by atoms with E-state index < -0.39 is 0 Å². The van der Waals surface area contributed by atoms with Crippen LogP contribution >= 0.6 is 0 Å². The van der Waals surface area contributed by atoms with Gasteiger partial charge in [-0.25, -0.2) is 9.97 Å². The van der Waals surface area contributed by atoms with Crippen LogP contribution in [-0.2, 0) is 0 Å². The van der Waals surface area contributed by atoms with E-state index >= 15 is 0 Å². The smallest absolute Gasteiger partial charge is 0.255 e. The van der Waals surface area contributed by atoms with Crippen LogP contribution in [0.4, 0.5) is 0 Å². The second kappa shape index (κ2) is 7.06. The van der Waals surface area contributed by atoms with Crippen molar-refractivity contribution in [1.82, 2.24) is 19.4 Å². The summed E-state index contributed by atoms with van der Waals surface area (Å²) in [5.74, 6) is 1.85. The van der Waals surface area contributed by atoms with Gasteiger partial charge >= 0.3 is 0 Å². The first-order valence-corrected chi connectivity index (χ1v) is 10.0. The Morgan fingerprint density at radius 3 is 2.72 bits per heavy atom. The Bertz CT molecular complexity index is 1070. The normalized spacial score (nSPS) is 19.0. The summed E-state index contributed by atoms with van der Waals surface area (Å²) in [5, 5.41) is 0. The fourth-order valence-electron chi connectivity index (χ4n) is 4.20. The van der Waals surface area contributed by atoms with Gasteiger partial charge in [0.25, 0.3) is 5.91 Å². The van der Waals surface area contributed by atoms with Crippen LogP contribution in [0.25, 0.3) is 11.2 Å². The Balaban J connectivity index is 1.36. The number of amides is 1. The fourth-order valence-corrected chi connectivity index (χ4v) is 4.20. The summed E-state index contributed by atoms with van der Waals surface area (Å²) in [7, 11) is 3.33. The lowest BCUT2D eigenvalue weighted by atomic mass is 9.97. The van der Waals surface area contributed by atoms with Gasteiger partial charge in [0.05, 0.1) is 26.1 Å². The number of pyridine rings is 1. The summed E-state index contributed by atoms with van der Waals surface area (Å²) in [5.41, 5.74) is 3.33. The molecule has 1 aliphatic heterocycles. The number of benzene rings is 1. The van der Waals surface area contributed by atoms with Gasteiger partial charge < -0.3 is 18.9 Å². The number of nitrogens with zero attached hydrogens (tertiary/aromatic N) is 4. The highest BCUT2D eigenvalue weighted by molar-refractivity contribution is 5.96. The van der Waals surface area contributed by atoms with Crippen molar-refractivity contribution in [2.45, 2.75) is 31.2 Å². The Hall–Kier alpha value is -3.09. The molecule has 150 valence electrons. The number of carbonyl (C=O) groups is 1. The van der Waals surface area contributed by atoms with E-state index in [1.54, 1.807) is 20.4 Å². The molecule has 1 aliphatic carbocycles. The lowest BCUT2D eigenvalue weighted by Gasteiger charge is -2.18. The van der Waals surface area contributed by atoms with Gasteiger partial charge in [-0.1, -0.05) is 0 Å². The third kappa shape index (κ3) is 3.20. The van der Waals surface area contributed by atoms with E-state index in [2.05, 4.69) is 14.5 Å². The Morgan fingerprint density at radius 1 is 1.10 bits per heavy atom. The SMILES string of the molecule is COc1ccc(OC)c(C2CCN(C(=O)c3cnc4c(c3)ncn4C3CC3)C2)c1. The van der Waals surface area contributed by atoms with Crippen molar-refractivity contribution in [3.05, 3.63) is 47.9 Å². The topological polar surface area (TPSA) is 69.5 Å². The molecule has 7 nitrogen and oxygen atoms in total. The maximum atomic E-state index is 13.1. The lowest BCUT2D eigenvalue weighted by Crippen LogP contribution is -2.28. The highest BCUT2D eigenvalue weighted by atomic mass is 16.5. The number of fused-ring (bicyclic) bond motifs is 1. The summed E-state index contributed by atoms with van der Waals surface area (Å²) in [6.07, 6.45) is 6.77. The zero-order chi connectivity index (χ0) is 20.0. The molecule has 0 bridgehead atoms. The molecule has 1 saturated heterocycles. The first kappa shape index (κ1) is 18.0. The Kier molecular flexibility index (Phi) is 4.38. The molecule has 5 rings (SSSR count). The number of hydrogen-bond donors (Lipinski definition) is 0. The van der Waals surface area contributed by atoms with Crippen molar-refractivity contribution < 1.29 is 14.3 Å². The van der Waals surface area contributed by atoms with Crippen LogP contribution in [-0.4, -0.2) is 52.7 Å². The molecule has 1 unspecified atom stereocenters. The third-order valence-corrected chi connectivity index (χ3v) is 5.95. The summed E-state index contributed by atoms with van der Waals surface area (Å²) >= 11 is 0. The molecule has 29 heavy (non-hydrogen) atoms. The minimum Gasteiger partial charge on any atom is -0.497 e. The molecule has 1 atom stereocenters. The van der Waals surface area contributed by atoms with E-state index in [0.717, 1.165) is 34.6 Å². The average Bonchev–Trinajstić information content (AvgIpc) is 3.33. The van der Waals surface area contributed by atoms with Gasteiger partial charge in [-0.15, -0.1) is 0 Å². The molecule has 0 N–H and O–H groups in total. The van der Waals surface area contributed by atoms with E-state index in [-0.39, 0.29) is 11.8 Å². The predicted molar refractivity (Wildman–Crippen MR) is 109 cm³/mol. The highest BCUT2D eigenvalue weighted by Gasteiger charge is 2.31. The van der Waals surface area contributed by atoms with E-state index in [1.165, 1.54) is 12.8 Å². The molecule has 1 aromatic carbocycles. The monoisotopic (exact) mass is 392 g/mol. The van der Waals surface area contributed by atoms with Crippen LogP contribution in [0, 0.1) is 0 Å². The van der Waals surface area contributed by atoms with Gasteiger partial charge in [-0.2, -0.15) is 0 Å². The molecule has 3 aromatic rings. The first-order valence-electron chi connectivity index (χ1n) is 10.0. The van der Waals surface area contributed by atoms with Gasteiger partial charge in [0, 0.05) is 36.8 Å². The largest absolute Gasteiger partial charge is 0.497 e. The Morgan fingerprint density at radius 2 is 1.97 bits per heavy atom. The predicted octanol–water partition coefficient (Wildman–Crippen LogP) is 3.41. The number of ether oxygens (including phenoxy) is 2. The molecule has 2 aliphatic rings. The van der Waals surface area contributed by atoms with E-state index in [0.29, 0.717) is 24.7 Å². The quantitative estimate of drug-likeness (QED) is 0.666. The van der Waals surface area contributed by atoms with Crippen LogP contribution in [0.5, 0.6) is 11.5 Å². The maximum absolute atomic E-state index is 13.1. The van der Waals surface area contributed by atoms with Crippen molar-refractivity contribution in [3.8, 4) is 11.5 Å². The maximum Gasteiger partial charge on any atom is 0.255 e. The van der Waals surface area contributed by atoms with Crippen LogP contribution in [0.1, 0.15) is 47.1 Å². The molecule has 7 heteroatoms. The van der Waals surface area contributed by atoms with Crippen molar-refractivity contribution >= 4 is 17.1 Å². The third-order valence-electron chi connectivity index (χ3n) is 5.95. The van der Waals surface area contributed by atoms with Crippen LogP contribution in [0.2, 0.25) is 0 Å². The van der Waals surface area contributed by atoms with Crippen LogP contribution < -0.4 is 9.47 Å². The minimum atomic E-state index is 0.00438. The lowest BCUT2D eigenvalue weighted by molar-refractivity contribution is 0.0790. The number of hydrogen-bond acceptors (Lipinski definition) is 5. The first-order chi connectivity index (χ1) is 14.2. The zero-order valence-corrected chi connectivity index (χ0v) is 16.7. The van der Waals surface area contributed by atoms with Crippen molar-refractivity contribution in [3.63, 3.8) is 0 Å². The Labute approximate surface area is 169 Å². The van der Waals surface area contributed by atoms with E-state index in [1.807, 2.05) is 35.5 Å². The number of aromatic nitrogens is 3. The fraction of sp³-hybridized carbons (Fsp3) is 0.409. The van der Waals surface area contributed by atoms with Crippen molar-refractivity contribution in [1.29, 1.82) is 0 Å². The molecule has 0 radical (unpaired) electrons. The van der Waals surface area contributed by atoms with Gasteiger partial charge in [-0.3, -0.25) is 4.79 Å². The van der Waals surface area contributed by atoms with Gasteiger partial charge in [-0.05, 0) is 43.5 Å². The molecular weight excluding hydrogens is 368 g/mol. The second-order valence-electron chi connectivity index (χ2n) is 7.79. The number of carbonyl (C=O) groups excluding carboxylic acids is 1. The molecular formula is C22H24N4O3. The molecule has 0 spiro atoms. The summed E-state index contributed by atoms with van der Waals surface area (Å²) in [6.45, 7) is 1.36. The van der Waals surface area contributed by atoms with Crippen LogP contribution in [0.3, 0.4) is 0 Å². The number of imidazole rings is 1. The van der Waals surface area contributed by atoms with Gasteiger partial charge in [0.1, 0.15) is 17.0 Å². The number of rotatable bonds is 5. The zero-order valence-electron chi connectivity index (χ0n) is 16.7. The number of likely N-dealkylation sites (tertiary alicyclic amines) is 1. The standard InChI is InChI=1S/C22H24N4O3/c1-28-17-5-6-20(29-2)18(10-17)14-7-8-25(12-14)22(27)15-9-19-21(23-11-15)26(13-24-19)16-3-4-16/h5-6,9-11,13-14,16H,3-4,7-8,12H2,1-2H3. The summed E-state index contributed by atoms with van der Waals surface area (Å²) in [6, 6.07) is 8.21. The van der Waals surface area contributed by atoms with Gasteiger partial charge in [0.2, 0.25) is 0 Å². The number of methoxy groups -OCH3 is 2. The van der Waals surface area contributed by atoms with E-state index in [9.17, 15) is 4.79 Å². The van der Waals surface area contributed by atoms with Gasteiger partial charge in [0.15, 0.2) is 5.65 Å². The van der Waals surface area contributed by atoms with Crippen molar-refractivity contribution in [2.75, 3.05) is 27.3 Å². The average molecular weight is 392 g/mol. The molecule has 3 heterocycles. The molecule has 2 fully saturated rings. The molecule has 2 aromatic heterocycles. The highest BCUT2D eigenvalue weighted by Crippen LogP contribution is 2.38.